The van der Waals surface area contributed by atoms with E-state index in [1.165, 1.54) is 45.1 Å². The number of rotatable bonds is 6. The summed E-state index contributed by atoms with van der Waals surface area (Å²) in [5, 5.41) is 7.21. The minimum absolute atomic E-state index is 0.809. The van der Waals surface area contributed by atoms with Gasteiger partial charge in [0.2, 0.25) is 0 Å². The van der Waals surface area contributed by atoms with Gasteiger partial charge in [-0.2, -0.15) is 0 Å². The number of nitrogens with one attached hydrogen (secondary N) is 2. The molecule has 0 bridgehead atoms. The van der Waals surface area contributed by atoms with Gasteiger partial charge in [-0.25, -0.2) is 0 Å². The summed E-state index contributed by atoms with van der Waals surface area (Å²) < 4.78 is 0. The van der Waals surface area contributed by atoms with Crippen LogP contribution in [0, 0.1) is 11.8 Å². The lowest BCUT2D eigenvalue weighted by Gasteiger charge is -2.27. The summed E-state index contributed by atoms with van der Waals surface area (Å²) in [6, 6.07) is 0.809. The number of hydrogen-bond acceptors (Lipinski definition) is 2. The second-order valence-electron chi connectivity index (χ2n) is 5.56. The molecule has 0 aromatic rings. The maximum Gasteiger partial charge on any atom is 0.00793 e. The van der Waals surface area contributed by atoms with Crippen molar-refractivity contribution in [2.45, 2.75) is 51.5 Å². The van der Waals surface area contributed by atoms with Crippen LogP contribution in [0.1, 0.15) is 45.4 Å². The predicted octanol–water partition coefficient (Wildman–Crippen LogP) is 2.15. The van der Waals surface area contributed by atoms with Crippen molar-refractivity contribution >= 4 is 0 Å². The minimum atomic E-state index is 0.809. The number of hydrogen-bond donors (Lipinski definition) is 2. The van der Waals surface area contributed by atoms with Gasteiger partial charge in [-0.05, 0) is 56.9 Å². The van der Waals surface area contributed by atoms with Crippen LogP contribution in [-0.2, 0) is 0 Å². The third-order valence-corrected chi connectivity index (χ3v) is 3.88. The molecule has 0 atom stereocenters. The second kappa shape index (κ2) is 5.86. The van der Waals surface area contributed by atoms with E-state index < -0.39 is 0 Å². The van der Waals surface area contributed by atoms with Gasteiger partial charge in [-0.15, -0.1) is 0 Å². The Labute approximate surface area is 94.2 Å². The first kappa shape index (κ1) is 11.4. The SMILES string of the molecule is CC1CCC(NCCNCC2CC2)CC1. The molecule has 0 spiro atoms. The highest BCUT2D eigenvalue weighted by atomic mass is 15.0. The van der Waals surface area contributed by atoms with Crippen LogP contribution >= 0.6 is 0 Å². The Morgan fingerprint density at radius 3 is 2.33 bits per heavy atom. The van der Waals surface area contributed by atoms with Crippen LogP contribution in [0.4, 0.5) is 0 Å². The summed E-state index contributed by atoms with van der Waals surface area (Å²) in [4.78, 5) is 0. The average molecular weight is 210 g/mol. The lowest BCUT2D eigenvalue weighted by Crippen LogP contribution is -2.37. The van der Waals surface area contributed by atoms with Crippen LogP contribution in [0.3, 0.4) is 0 Å². The predicted molar refractivity (Wildman–Crippen MR) is 65.0 cm³/mol. The summed E-state index contributed by atoms with van der Waals surface area (Å²) in [7, 11) is 0. The van der Waals surface area contributed by atoms with E-state index in [1.54, 1.807) is 0 Å². The van der Waals surface area contributed by atoms with Crippen LogP contribution in [0.25, 0.3) is 0 Å². The normalized spacial score (nSPS) is 31.8. The van der Waals surface area contributed by atoms with Crippen molar-refractivity contribution in [3.63, 3.8) is 0 Å². The highest BCUT2D eigenvalue weighted by Crippen LogP contribution is 2.27. The maximum absolute atomic E-state index is 3.67. The first-order valence-electron chi connectivity index (χ1n) is 6.78. The van der Waals surface area contributed by atoms with Gasteiger partial charge in [0.15, 0.2) is 0 Å². The van der Waals surface area contributed by atoms with E-state index in [0.29, 0.717) is 0 Å². The largest absolute Gasteiger partial charge is 0.315 e. The Hall–Kier alpha value is -0.0800. The standard InChI is InChI=1S/C13H26N2/c1-11-2-6-13(7-3-11)15-9-8-14-10-12-4-5-12/h11-15H,2-10H2,1H3. The molecule has 88 valence electrons. The molecule has 0 radical (unpaired) electrons. The molecule has 2 aliphatic carbocycles. The smallest absolute Gasteiger partial charge is 0.00793 e. The fourth-order valence-corrected chi connectivity index (χ4v) is 2.46. The second-order valence-corrected chi connectivity index (χ2v) is 5.56. The van der Waals surface area contributed by atoms with Gasteiger partial charge >= 0.3 is 0 Å². The molecule has 0 aromatic heterocycles. The molecule has 2 nitrogen and oxygen atoms in total. The van der Waals surface area contributed by atoms with Gasteiger partial charge in [0, 0.05) is 19.1 Å². The molecule has 15 heavy (non-hydrogen) atoms. The molecule has 0 aromatic carbocycles. The Kier molecular flexibility index (Phi) is 4.45. The Morgan fingerprint density at radius 1 is 0.933 bits per heavy atom. The molecule has 0 aliphatic heterocycles. The highest BCUT2D eigenvalue weighted by Gasteiger charge is 2.20. The maximum atomic E-state index is 3.67. The first-order chi connectivity index (χ1) is 7.34. The summed E-state index contributed by atoms with van der Waals surface area (Å²) in [5.74, 6) is 1.98. The lowest BCUT2D eigenvalue weighted by molar-refractivity contribution is 0.307. The monoisotopic (exact) mass is 210 g/mol. The van der Waals surface area contributed by atoms with Crippen LogP contribution in [0.2, 0.25) is 0 Å². The quantitative estimate of drug-likeness (QED) is 0.656. The van der Waals surface area contributed by atoms with Crippen molar-refractivity contribution < 1.29 is 0 Å². The van der Waals surface area contributed by atoms with Crippen molar-refractivity contribution in [1.29, 1.82) is 0 Å². The fourth-order valence-electron chi connectivity index (χ4n) is 2.46. The molecule has 2 rings (SSSR count). The van der Waals surface area contributed by atoms with Crippen LogP contribution in [0.5, 0.6) is 0 Å². The summed E-state index contributed by atoms with van der Waals surface area (Å²) in [6.45, 7) is 5.95. The highest BCUT2D eigenvalue weighted by molar-refractivity contribution is 4.77. The van der Waals surface area contributed by atoms with E-state index in [0.717, 1.165) is 31.0 Å². The molecule has 2 saturated carbocycles. The summed E-state index contributed by atoms with van der Waals surface area (Å²) >= 11 is 0. The van der Waals surface area contributed by atoms with Gasteiger partial charge in [-0.3, -0.25) is 0 Å². The zero-order valence-corrected chi connectivity index (χ0v) is 10.1. The van der Waals surface area contributed by atoms with E-state index >= 15 is 0 Å². The lowest BCUT2D eigenvalue weighted by atomic mass is 9.87. The molecule has 0 amide bonds. The van der Waals surface area contributed by atoms with Crippen molar-refractivity contribution in [3.8, 4) is 0 Å². The van der Waals surface area contributed by atoms with Crippen molar-refractivity contribution in [2.75, 3.05) is 19.6 Å². The Balaban J connectivity index is 1.43. The average Bonchev–Trinajstić information content (AvgIpc) is 3.04. The molecule has 0 unspecified atom stereocenters. The van der Waals surface area contributed by atoms with Crippen molar-refractivity contribution in [2.24, 2.45) is 11.8 Å². The van der Waals surface area contributed by atoms with Gasteiger partial charge < -0.3 is 10.6 Å². The molecule has 2 fully saturated rings. The molecular formula is C13H26N2. The summed E-state index contributed by atoms with van der Waals surface area (Å²) in [6.07, 6.45) is 8.55. The molecular weight excluding hydrogens is 184 g/mol. The Morgan fingerprint density at radius 2 is 1.67 bits per heavy atom. The third-order valence-electron chi connectivity index (χ3n) is 3.88. The topological polar surface area (TPSA) is 24.1 Å². The molecule has 0 saturated heterocycles. The van der Waals surface area contributed by atoms with Gasteiger partial charge in [0.05, 0.1) is 0 Å². The van der Waals surface area contributed by atoms with Crippen LogP contribution in [-0.4, -0.2) is 25.7 Å². The van der Waals surface area contributed by atoms with Gasteiger partial charge in [0.25, 0.3) is 0 Å². The minimum Gasteiger partial charge on any atom is -0.315 e. The molecule has 2 aliphatic rings. The third kappa shape index (κ3) is 4.52. The van der Waals surface area contributed by atoms with E-state index in [2.05, 4.69) is 17.6 Å². The zero-order valence-electron chi connectivity index (χ0n) is 10.1. The molecule has 0 heterocycles. The first-order valence-corrected chi connectivity index (χ1v) is 6.78. The van der Waals surface area contributed by atoms with Crippen LogP contribution < -0.4 is 10.6 Å². The van der Waals surface area contributed by atoms with Gasteiger partial charge in [0.1, 0.15) is 0 Å². The van der Waals surface area contributed by atoms with Crippen LogP contribution in [0.15, 0.2) is 0 Å². The van der Waals surface area contributed by atoms with Crippen molar-refractivity contribution in [1.82, 2.24) is 10.6 Å². The van der Waals surface area contributed by atoms with E-state index in [-0.39, 0.29) is 0 Å². The fraction of sp³-hybridized carbons (Fsp3) is 1.00. The summed E-state index contributed by atoms with van der Waals surface area (Å²) in [5.41, 5.74) is 0. The van der Waals surface area contributed by atoms with E-state index in [9.17, 15) is 0 Å². The van der Waals surface area contributed by atoms with Gasteiger partial charge in [-0.1, -0.05) is 6.92 Å². The Bertz CT molecular complexity index is 169. The van der Waals surface area contributed by atoms with E-state index in [1.807, 2.05) is 0 Å². The molecule has 2 heteroatoms. The molecule has 2 N–H and O–H groups in total. The van der Waals surface area contributed by atoms with E-state index in [4.69, 9.17) is 0 Å². The van der Waals surface area contributed by atoms with Crippen molar-refractivity contribution in [3.05, 3.63) is 0 Å². The zero-order chi connectivity index (χ0) is 10.5.